The maximum absolute atomic E-state index is 11.8. The van der Waals surface area contributed by atoms with Crippen LogP contribution in [0.25, 0.3) is 0 Å². The van der Waals surface area contributed by atoms with Crippen molar-refractivity contribution in [3.8, 4) is 11.5 Å². The summed E-state index contributed by atoms with van der Waals surface area (Å²) >= 11 is 0. The highest BCUT2D eigenvalue weighted by Crippen LogP contribution is 2.30. The molecule has 0 bridgehead atoms. The summed E-state index contributed by atoms with van der Waals surface area (Å²) in [6, 6.07) is 5.97. The molecule has 1 aliphatic carbocycles. The molecule has 0 atom stereocenters. The Bertz CT molecular complexity index is 576. The molecule has 0 radical (unpaired) electrons. The molecular weight excluding hydrogens is 278 g/mol. The lowest BCUT2D eigenvalue weighted by atomic mass is 9.76. The molecule has 0 aliphatic heterocycles. The molecule has 0 heterocycles. The second kappa shape index (κ2) is 6.95. The van der Waals surface area contributed by atoms with Crippen molar-refractivity contribution in [3.63, 3.8) is 0 Å². The van der Waals surface area contributed by atoms with Gasteiger partial charge in [0.05, 0.1) is 20.6 Å². The molecule has 1 N–H and O–H groups in total. The molecule has 0 spiro atoms. The zero-order chi connectivity index (χ0) is 16.2. The summed E-state index contributed by atoms with van der Waals surface area (Å²) in [7, 11) is 3.28. The van der Waals surface area contributed by atoms with E-state index in [9.17, 15) is 4.79 Å². The van der Waals surface area contributed by atoms with Crippen molar-refractivity contribution in [2.24, 2.45) is 5.41 Å². The number of Topliss-reactive ketones (excluding diaryl/α,β-unsaturated/α-hetero) is 1. The number of hydrogen-bond donors (Lipinski definition) is 1. The molecule has 1 aliphatic rings. The lowest BCUT2D eigenvalue weighted by Gasteiger charge is -2.26. The third-order valence-electron chi connectivity index (χ3n) is 4.01. The van der Waals surface area contributed by atoms with Crippen molar-refractivity contribution >= 4 is 11.5 Å². The van der Waals surface area contributed by atoms with Crippen LogP contribution in [0.15, 0.2) is 18.2 Å². The summed E-state index contributed by atoms with van der Waals surface area (Å²) < 4.78 is 10.6. The Morgan fingerprint density at radius 1 is 1.14 bits per heavy atom. The minimum Gasteiger partial charge on any atom is -0.493 e. The molecule has 1 saturated carbocycles. The van der Waals surface area contributed by atoms with Gasteiger partial charge in [0.25, 0.3) is 0 Å². The predicted octanol–water partition coefficient (Wildman–Crippen LogP) is 1.55. The van der Waals surface area contributed by atoms with Crippen LogP contribution in [0.1, 0.15) is 38.7 Å². The predicted molar refractivity (Wildman–Crippen MR) is 86.7 cm³/mol. The average molecular weight is 304 g/mol. The Kier molecular flexibility index (Phi) is 5.22. The Hall–Kier alpha value is -1.84. The molecule has 22 heavy (non-hydrogen) atoms. The monoisotopic (exact) mass is 304 g/mol. The third kappa shape index (κ3) is 4.33. The smallest absolute Gasteiger partial charge is 0.160 e. The van der Waals surface area contributed by atoms with Gasteiger partial charge in [-0.15, -0.1) is 0 Å². The van der Waals surface area contributed by atoms with E-state index in [2.05, 4.69) is 18.8 Å². The van der Waals surface area contributed by atoms with Crippen LogP contribution >= 0.6 is 0 Å². The van der Waals surface area contributed by atoms with E-state index in [4.69, 9.17) is 9.47 Å². The number of ether oxygens (including phenoxy) is 2. The summed E-state index contributed by atoms with van der Waals surface area (Å²) in [5.74, 6) is 1.83. The Labute approximate surface area is 132 Å². The van der Waals surface area contributed by atoms with E-state index in [1.54, 1.807) is 14.2 Å². The number of carbonyl (C=O) groups is 1. The maximum atomic E-state index is 11.8. The van der Waals surface area contributed by atoms with Gasteiger partial charge in [-0.3, -0.25) is 4.79 Å². The topological polar surface area (TPSA) is 49.5 Å². The molecule has 0 unspecified atom stereocenters. The van der Waals surface area contributed by atoms with Crippen LogP contribution in [0, 0.1) is 5.41 Å². The molecule has 1 aromatic carbocycles. The number of ketones is 1. The van der Waals surface area contributed by atoms with Crippen molar-refractivity contribution < 1.29 is 19.3 Å². The van der Waals surface area contributed by atoms with Gasteiger partial charge in [-0.25, -0.2) is 4.99 Å². The number of hydrogen-bond acceptors (Lipinski definition) is 3. The lowest BCUT2D eigenvalue weighted by Crippen LogP contribution is -2.74. The van der Waals surface area contributed by atoms with Crippen molar-refractivity contribution in [3.05, 3.63) is 23.8 Å². The van der Waals surface area contributed by atoms with Crippen molar-refractivity contribution in [2.75, 3.05) is 20.8 Å². The highest BCUT2D eigenvalue weighted by Gasteiger charge is 2.32. The highest BCUT2D eigenvalue weighted by molar-refractivity contribution is 6.02. The first-order valence-electron chi connectivity index (χ1n) is 7.75. The number of carbonyl (C=O) groups excluding carboxylic acids is 1. The first kappa shape index (κ1) is 16.5. The molecule has 1 fully saturated rings. The van der Waals surface area contributed by atoms with Crippen molar-refractivity contribution in [1.82, 2.24) is 0 Å². The fourth-order valence-electron chi connectivity index (χ4n) is 3.08. The van der Waals surface area contributed by atoms with E-state index in [1.165, 1.54) is 11.3 Å². The quantitative estimate of drug-likeness (QED) is 0.898. The molecule has 120 valence electrons. The van der Waals surface area contributed by atoms with Crippen molar-refractivity contribution in [2.45, 2.75) is 39.5 Å². The fraction of sp³-hybridized carbons (Fsp3) is 0.556. The first-order valence-corrected chi connectivity index (χ1v) is 7.75. The van der Waals surface area contributed by atoms with Crippen LogP contribution in [0.4, 0.5) is 0 Å². The summed E-state index contributed by atoms with van der Waals surface area (Å²) in [4.78, 5) is 15.2. The number of methoxy groups -OCH3 is 2. The van der Waals surface area contributed by atoms with E-state index in [0.29, 0.717) is 18.6 Å². The van der Waals surface area contributed by atoms with Gasteiger partial charge in [-0.05, 0) is 23.1 Å². The summed E-state index contributed by atoms with van der Waals surface area (Å²) in [5, 5.41) is 0. The number of rotatable bonds is 5. The van der Waals surface area contributed by atoms with Crippen LogP contribution in [-0.4, -0.2) is 32.3 Å². The van der Waals surface area contributed by atoms with Gasteiger partial charge in [0, 0.05) is 19.3 Å². The Balaban J connectivity index is 1.98. The minimum atomic E-state index is 0.0843. The van der Waals surface area contributed by atoms with E-state index in [-0.39, 0.29) is 5.41 Å². The van der Waals surface area contributed by atoms with Gasteiger partial charge >= 0.3 is 0 Å². The third-order valence-corrected chi connectivity index (χ3v) is 4.01. The van der Waals surface area contributed by atoms with Gasteiger partial charge < -0.3 is 9.47 Å². The van der Waals surface area contributed by atoms with E-state index in [1.807, 2.05) is 18.2 Å². The van der Waals surface area contributed by atoms with Crippen LogP contribution < -0.4 is 14.5 Å². The second-order valence-electron chi connectivity index (χ2n) is 6.70. The van der Waals surface area contributed by atoms with Crippen molar-refractivity contribution in [1.29, 1.82) is 0 Å². The van der Waals surface area contributed by atoms with Gasteiger partial charge in [0.2, 0.25) is 0 Å². The summed E-state index contributed by atoms with van der Waals surface area (Å²) in [6.07, 6.45) is 3.13. The van der Waals surface area contributed by atoms with E-state index < -0.39 is 0 Å². The minimum absolute atomic E-state index is 0.0843. The van der Waals surface area contributed by atoms with Crippen LogP contribution in [0.2, 0.25) is 0 Å². The van der Waals surface area contributed by atoms with Gasteiger partial charge in [-0.2, -0.15) is 0 Å². The Morgan fingerprint density at radius 3 is 2.50 bits per heavy atom. The summed E-state index contributed by atoms with van der Waals surface area (Å²) in [5.41, 5.74) is 2.44. The SMILES string of the molecule is COc1ccc(CC[NH+]=C2CC(=O)CC(C)(C)C2)cc1OC. The molecular formula is C18H26NO3+. The lowest BCUT2D eigenvalue weighted by molar-refractivity contribution is -0.459. The Morgan fingerprint density at radius 2 is 1.86 bits per heavy atom. The first-order chi connectivity index (χ1) is 10.4. The van der Waals surface area contributed by atoms with Gasteiger partial charge in [0.15, 0.2) is 17.2 Å². The standard InChI is InChI=1S/C18H25NO3/c1-18(2)11-14(10-15(20)12-18)19-8-7-13-5-6-16(21-3)17(9-13)22-4/h5-6,9H,7-8,10-12H2,1-4H3/p+1. The zero-order valence-corrected chi connectivity index (χ0v) is 14.0. The van der Waals surface area contributed by atoms with Crippen LogP contribution in [0.5, 0.6) is 11.5 Å². The molecule has 4 nitrogen and oxygen atoms in total. The average Bonchev–Trinajstić information content (AvgIpc) is 2.45. The molecule has 2 rings (SSSR count). The summed E-state index contributed by atoms with van der Waals surface area (Å²) in [6.45, 7) is 5.13. The van der Waals surface area contributed by atoms with Crippen LogP contribution in [-0.2, 0) is 11.2 Å². The maximum Gasteiger partial charge on any atom is 0.160 e. The zero-order valence-electron chi connectivity index (χ0n) is 14.0. The van der Waals surface area contributed by atoms with E-state index >= 15 is 0 Å². The van der Waals surface area contributed by atoms with Gasteiger partial charge in [0.1, 0.15) is 12.3 Å². The normalized spacial score (nSPS) is 19.3. The number of benzene rings is 1. The van der Waals surface area contributed by atoms with E-state index in [0.717, 1.165) is 30.9 Å². The second-order valence-corrected chi connectivity index (χ2v) is 6.70. The highest BCUT2D eigenvalue weighted by atomic mass is 16.5. The van der Waals surface area contributed by atoms with Crippen LogP contribution in [0.3, 0.4) is 0 Å². The molecule has 0 aromatic heterocycles. The number of nitrogens with one attached hydrogen (secondary N) is 1. The molecule has 0 saturated heterocycles. The fourth-order valence-corrected chi connectivity index (χ4v) is 3.08. The van der Waals surface area contributed by atoms with Gasteiger partial charge in [-0.1, -0.05) is 19.9 Å². The molecule has 1 aromatic rings. The molecule has 4 heteroatoms. The largest absolute Gasteiger partial charge is 0.493 e. The molecule has 0 amide bonds.